The van der Waals surface area contributed by atoms with Gasteiger partial charge in [-0.1, -0.05) is 18.2 Å². The van der Waals surface area contributed by atoms with Crippen molar-refractivity contribution in [3.05, 3.63) is 29.8 Å². The van der Waals surface area contributed by atoms with E-state index in [9.17, 15) is 9.59 Å². The summed E-state index contributed by atoms with van der Waals surface area (Å²) in [5, 5.41) is 3.21. The van der Waals surface area contributed by atoms with E-state index in [1.807, 2.05) is 24.3 Å². The van der Waals surface area contributed by atoms with Gasteiger partial charge in [0, 0.05) is 56.8 Å². The number of benzene rings is 1. The van der Waals surface area contributed by atoms with Crippen LogP contribution in [0.2, 0.25) is 0 Å². The summed E-state index contributed by atoms with van der Waals surface area (Å²) in [5.41, 5.74) is 0.915. The van der Waals surface area contributed by atoms with Crippen molar-refractivity contribution in [2.75, 3.05) is 59.7 Å². The maximum absolute atomic E-state index is 13.2. The molecule has 3 saturated heterocycles. The highest BCUT2D eigenvalue weighted by atomic mass is 16.5. The summed E-state index contributed by atoms with van der Waals surface area (Å²) in [6, 6.07) is 7.21. The second-order valence-electron chi connectivity index (χ2n) is 9.11. The van der Waals surface area contributed by atoms with Crippen molar-refractivity contribution in [3.8, 4) is 5.75 Å². The van der Waals surface area contributed by atoms with Gasteiger partial charge in [-0.2, -0.15) is 0 Å². The summed E-state index contributed by atoms with van der Waals surface area (Å²) in [6.45, 7) is 6.77. The zero-order chi connectivity index (χ0) is 22.4. The summed E-state index contributed by atoms with van der Waals surface area (Å²) in [7, 11) is 1.62. The molecule has 2 amide bonds. The van der Waals surface area contributed by atoms with Crippen molar-refractivity contribution in [2.24, 2.45) is 5.41 Å². The fraction of sp³-hybridized carbons (Fsp3) is 0.667. The van der Waals surface area contributed by atoms with Gasteiger partial charge in [-0.25, -0.2) is 0 Å². The average Bonchev–Trinajstić information content (AvgIpc) is 3.19. The maximum Gasteiger partial charge on any atom is 0.242 e. The molecule has 1 unspecified atom stereocenters. The third-order valence-electron chi connectivity index (χ3n) is 7.02. The van der Waals surface area contributed by atoms with Crippen molar-refractivity contribution >= 4 is 11.8 Å². The van der Waals surface area contributed by atoms with E-state index in [0.29, 0.717) is 25.9 Å². The van der Waals surface area contributed by atoms with Crippen LogP contribution in [0.4, 0.5) is 0 Å². The van der Waals surface area contributed by atoms with Crippen molar-refractivity contribution in [2.45, 2.75) is 38.3 Å². The largest absolute Gasteiger partial charge is 0.496 e. The van der Waals surface area contributed by atoms with E-state index in [-0.39, 0.29) is 17.2 Å². The SMILES string of the molecule is COc1ccccc1CN1C(=O)CCC1C(=O)NCC1(CN2CCOCC2)CCOCC1. The minimum Gasteiger partial charge on any atom is -0.496 e. The molecule has 0 spiro atoms. The van der Waals surface area contributed by atoms with E-state index in [1.54, 1.807) is 12.0 Å². The lowest BCUT2D eigenvalue weighted by Gasteiger charge is -2.42. The number of morpholine rings is 1. The molecule has 8 nitrogen and oxygen atoms in total. The number of nitrogens with one attached hydrogen (secondary N) is 1. The van der Waals surface area contributed by atoms with Gasteiger partial charge in [-0.15, -0.1) is 0 Å². The van der Waals surface area contributed by atoms with Gasteiger partial charge in [-0.3, -0.25) is 14.5 Å². The van der Waals surface area contributed by atoms with Crippen LogP contribution in [0.15, 0.2) is 24.3 Å². The molecule has 3 heterocycles. The van der Waals surface area contributed by atoms with E-state index in [2.05, 4.69) is 10.2 Å². The molecule has 8 heteroatoms. The molecule has 0 saturated carbocycles. The first-order valence-electron chi connectivity index (χ1n) is 11.7. The maximum atomic E-state index is 13.2. The number of ether oxygens (including phenoxy) is 3. The van der Waals surface area contributed by atoms with Crippen LogP contribution < -0.4 is 10.1 Å². The Morgan fingerprint density at radius 1 is 1.16 bits per heavy atom. The topological polar surface area (TPSA) is 80.3 Å². The molecule has 176 valence electrons. The van der Waals surface area contributed by atoms with Gasteiger partial charge in [0.25, 0.3) is 0 Å². The molecule has 0 bridgehead atoms. The molecular formula is C24H35N3O5. The number of para-hydroxylation sites is 1. The number of likely N-dealkylation sites (tertiary alicyclic amines) is 1. The number of carbonyl (C=O) groups is 2. The van der Waals surface area contributed by atoms with Crippen LogP contribution >= 0.6 is 0 Å². The van der Waals surface area contributed by atoms with Crippen molar-refractivity contribution in [1.29, 1.82) is 0 Å². The van der Waals surface area contributed by atoms with Gasteiger partial charge in [0.05, 0.1) is 26.9 Å². The fourth-order valence-corrected chi connectivity index (χ4v) is 5.04. The van der Waals surface area contributed by atoms with E-state index in [1.165, 1.54) is 0 Å². The van der Waals surface area contributed by atoms with E-state index >= 15 is 0 Å². The Kier molecular flexibility index (Phi) is 7.65. The lowest BCUT2D eigenvalue weighted by Crippen LogP contribution is -2.53. The zero-order valence-corrected chi connectivity index (χ0v) is 19.0. The Morgan fingerprint density at radius 2 is 1.88 bits per heavy atom. The van der Waals surface area contributed by atoms with Crippen molar-refractivity contribution in [3.63, 3.8) is 0 Å². The van der Waals surface area contributed by atoms with Gasteiger partial charge in [0.2, 0.25) is 11.8 Å². The highest BCUT2D eigenvalue weighted by Crippen LogP contribution is 2.32. The molecule has 3 aliphatic rings. The first-order valence-corrected chi connectivity index (χ1v) is 11.7. The molecular weight excluding hydrogens is 410 g/mol. The molecule has 3 fully saturated rings. The van der Waals surface area contributed by atoms with E-state index in [0.717, 1.165) is 70.2 Å². The van der Waals surface area contributed by atoms with Gasteiger partial charge in [0.1, 0.15) is 11.8 Å². The fourth-order valence-electron chi connectivity index (χ4n) is 5.04. The Labute approximate surface area is 190 Å². The number of nitrogens with zero attached hydrogens (tertiary/aromatic N) is 2. The zero-order valence-electron chi connectivity index (χ0n) is 19.0. The van der Waals surface area contributed by atoms with Crippen molar-refractivity contribution in [1.82, 2.24) is 15.1 Å². The van der Waals surface area contributed by atoms with Gasteiger partial charge < -0.3 is 24.4 Å². The van der Waals surface area contributed by atoms with Crippen LogP contribution in [0, 0.1) is 5.41 Å². The molecule has 1 N–H and O–H groups in total. The van der Waals surface area contributed by atoms with Crippen LogP contribution in [0.3, 0.4) is 0 Å². The van der Waals surface area contributed by atoms with Crippen LogP contribution in [-0.4, -0.2) is 87.4 Å². The smallest absolute Gasteiger partial charge is 0.242 e. The Hall–Kier alpha value is -2.16. The predicted octanol–water partition coefficient (Wildman–Crippen LogP) is 1.43. The Bertz CT molecular complexity index is 790. The molecule has 3 aliphatic heterocycles. The normalized spacial score (nSPS) is 23.8. The van der Waals surface area contributed by atoms with Crippen LogP contribution in [0.25, 0.3) is 0 Å². The standard InChI is InChI=1S/C24H35N3O5/c1-30-21-5-3-2-4-19(21)16-27-20(6-7-22(27)28)23(29)25-17-24(8-12-31-13-9-24)18-26-10-14-32-15-11-26/h2-5,20H,6-18H2,1H3,(H,25,29). The first kappa shape index (κ1) is 23.0. The lowest BCUT2D eigenvalue weighted by atomic mass is 9.79. The van der Waals surface area contributed by atoms with Gasteiger partial charge >= 0.3 is 0 Å². The highest BCUT2D eigenvalue weighted by Gasteiger charge is 2.39. The monoisotopic (exact) mass is 445 g/mol. The summed E-state index contributed by atoms with van der Waals surface area (Å²) >= 11 is 0. The minimum absolute atomic E-state index is 0.00133. The summed E-state index contributed by atoms with van der Waals surface area (Å²) in [6.07, 6.45) is 2.82. The predicted molar refractivity (Wildman–Crippen MR) is 119 cm³/mol. The quantitative estimate of drug-likeness (QED) is 0.652. The molecule has 1 aromatic rings. The first-order chi connectivity index (χ1) is 15.6. The number of methoxy groups -OCH3 is 1. The van der Waals surface area contributed by atoms with Crippen molar-refractivity contribution < 1.29 is 23.8 Å². The number of hydrogen-bond donors (Lipinski definition) is 1. The molecule has 32 heavy (non-hydrogen) atoms. The molecule has 1 atom stereocenters. The summed E-state index contributed by atoms with van der Waals surface area (Å²) < 4.78 is 16.5. The second kappa shape index (κ2) is 10.6. The Morgan fingerprint density at radius 3 is 2.62 bits per heavy atom. The third-order valence-corrected chi connectivity index (χ3v) is 7.02. The molecule has 4 rings (SSSR count). The number of hydrogen-bond acceptors (Lipinski definition) is 6. The van der Waals surface area contributed by atoms with E-state index < -0.39 is 6.04 Å². The summed E-state index contributed by atoms with van der Waals surface area (Å²) in [5.74, 6) is 0.696. The van der Waals surface area contributed by atoms with Crippen LogP contribution in [0.5, 0.6) is 5.75 Å². The number of amides is 2. The number of rotatable bonds is 8. The van der Waals surface area contributed by atoms with Crippen LogP contribution in [0.1, 0.15) is 31.2 Å². The highest BCUT2D eigenvalue weighted by molar-refractivity contribution is 5.90. The third kappa shape index (κ3) is 5.42. The molecule has 0 radical (unpaired) electrons. The van der Waals surface area contributed by atoms with Crippen LogP contribution in [-0.2, 0) is 25.6 Å². The second-order valence-corrected chi connectivity index (χ2v) is 9.11. The molecule has 1 aromatic carbocycles. The lowest BCUT2D eigenvalue weighted by molar-refractivity contribution is -0.136. The average molecular weight is 446 g/mol. The number of carbonyl (C=O) groups excluding carboxylic acids is 2. The van der Waals surface area contributed by atoms with Gasteiger partial charge in [-0.05, 0) is 25.3 Å². The van der Waals surface area contributed by atoms with E-state index in [4.69, 9.17) is 14.2 Å². The van der Waals surface area contributed by atoms with Gasteiger partial charge in [0.15, 0.2) is 0 Å². The molecule has 0 aliphatic carbocycles. The summed E-state index contributed by atoms with van der Waals surface area (Å²) in [4.78, 5) is 30.0. The Balaban J connectivity index is 1.40. The molecule has 0 aromatic heterocycles. The minimum atomic E-state index is -0.437.